The molecule has 0 aliphatic heterocycles. The van der Waals surface area contributed by atoms with Gasteiger partial charge in [0, 0.05) is 19.7 Å². The maximum Gasteiger partial charge on any atom is 0.263 e. The van der Waals surface area contributed by atoms with Crippen molar-refractivity contribution in [2.45, 2.75) is 32.1 Å². The minimum atomic E-state index is -1.02. The molecule has 142 valence electrons. The first-order valence-corrected chi connectivity index (χ1v) is 10.5. The first-order chi connectivity index (χ1) is 12.8. The van der Waals surface area contributed by atoms with Crippen molar-refractivity contribution in [3.05, 3.63) is 73.6 Å². The summed E-state index contributed by atoms with van der Waals surface area (Å²) in [5.74, 6) is 0.364. The fourth-order valence-electron chi connectivity index (χ4n) is 2.45. The van der Waals surface area contributed by atoms with Crippen LogP contribution in [0.15, 0.2) is 53.9 Å². The van der Waals surface area contributed by atoms with Crippen LogP contribution in [0.2, 0.25) is 5.02 Å². The largest absolute Gasteiger partial charge is 0.478 e. The molecular formula is C20H20ClNO3S2. The molecule has 1 aromatic carbocycles. The van der Waals surface area contributed by atoms with Crippen LogP contribution in [0.4, 0.5) is 0 Å². The second kappa shape index (κ2) is 8.44. The summed E-state index contributed by atoms with van der Waals surface area (Å²) in [6.45, 7) is 3.82. The number of rotatable bonds is 7. The summed E-state index contributed by atoms with van der Waals surface area (Å²) < 4.78 is 5.79. The zero-order valence-electron chi connectivity index (χ0n) is 14.9. The monoisotopic (exact) mass is 421 g/mol. The van der Waals surface area contributed by atoms with E-state index in [1.165, 1.54) is 22.7 Å². The molecule has 0 spiro atoms. The van der Waals surface area contributed by atoms with Gasteiger partial charge in [0.2, 0.25) is 0 Å². The van der Waals surface area contributed by atoms with Crippen LogP contribution < -0.4 is 10.1 Å². The van der Waals surface area contributed by atoms with E-state index in [0.717, 1.165) is 14.6 Å². The zero-order valence-corrected chi connectivity index (χ0v) is 17.3. The van der Waals surface area contributed by atoms with Crippen LogP contribution >= 0.6 is 34.3 Å². The molecule has 4 nitrogen and oxygen atoms in total. The Morgan fingerprint density at radius 3 is 2.59 bits per heavy atom. The van der Waals surface area contributed by atoms with E-state index in [1.807, 2.05) is 29.6 Å². The van der Waals surface area contributed by atoms with Gasteiger partial charge in [0.25, 0.3) is 5.91 Å². The van der Waals surface area contributed by atoms with Gasteiger partial charge in [-0.25, -0.2) is 0 Å². The van der Waals surface area contributed by atoms with Gasteiger partial charge in [-0.05, 0) is 61.7 Å². The average molecular weight is 422 g/mol. The van der Waals surface area contributed by atoms with Gasteiger partial charge in [0.1, 0.15) is 11.9 Å². The van der Waals surface area contributed by atoms with Crippen molar-refractivity contribution in [3.8, 4) is 5.75 Å². The van der Waals surface area contributed by atoms with Crippen LogP contribution in [0.25, 0.3) is 0 Å². The molecule has 0 aliphatic rings. The normalized spacial score (nSPS) is 12.6. The molecule has 3 rings (SSSR count). The number of amides is 1. The molecule has 0 aliphatic carbocycles. The highest BCUT2D eigenvalue weighted by Crippen LogP contribution is 2.31. The van der Waals surface area contributed by atoms with Crippen molar-refractivity contribution in [3.63, 3.8) is 0 Å². The first-order valence-electron chi connectivity index (χ1n) is 8.38. The number of aliphatic hydroxyl groups is 1. The van der Waals surface area contributed by atoms with E-state index >= 15 is 0 Å². The number of ether oxygens (including phenoxy) is 1. The van der Waals surface area contributed by atoms with Gasteiger partial charge in [0.05, 0.1) is 6.54 Å². The third kappa shape index (κ3) is 5.11. The van der Waals surface area contributed by atoms with E-state index in [-0.39, 0.29) is 5.91 Å². The van der Waals surface area contributed by atoms with E-state index < -0.39 is 11.7 Å². The Kier molecular flexibility index (Phi) is 6.22. The predicted octanol–water partition coefficient (Wildman–Crippen LogP) is 5.02. The van der Waals surface area contributed by atoms with Crippen LogP contribution in [-0.4, -0.2) is 16.6 Å². The summed E-state index contributed by atoms with van der Waals surface area (Å²) >= 11 is 8.87. The van der Waals surface area contributed by atoms with E-state index in [0.29, 0.717) is 17.3 Å². The maximum absolute atomic E-state index is 12.5. The predicted molar refractivity (Wildman–Crippen MR) is 111 cm³/mol. The number of hydrogen-bond donors (Lipinski definition) is 2. The molecule has 3 aromatic rings. The summed E-state index contributed by atoms with van der Waals surface area (Å²) in [5, 5.41) is 15.8. The number of halogens is 1. The third-order valence-electron chi connectivity index (χ3n) is 3.92. The Bertz CT molecular complexity index is 888. The molecule has 0 radical (unpaired) electrons. The molecule has 2 aromatic heterocycles. The lowest BCUT2D eigenvalue weighted by molar-refractivity contribution is -0.134. The fourth-order valence-corrected chi connectivity index (χ4v) is 4.33. The van der Waals surface area contributed by atoms with Crippen LogP contribution in [0, 0.1) is 0 Å². The van der Waals surface area contributed by atoms with Gasteiger partial charge in [-0.15, -0.1) is 22.7 Å². The topological polar surface area (TPSA) is 58.6 Å². The highest BCUT2D eigenvalue weighted by molar-refractivity contribution is 7.12. The molecule has 0 bridgehead atoms. The van der Waals surface area contributed by atoms with Crippen molar-refractivity contribution in [1.29, 1.82) is 0 Å². The molecule has 1 amide bonds. The van der Waals surface area contributed by atoms with Gasteiger partial charge >= 0.3 is 0 Å². The molecular weight excluding hydrogens is 402 g/mol. The highest BCUT2D eigenvalue weighted by Gasteiger charge is 2.29. The van der Waals surface area contributed by atoms with Crippen molar-refractivity contribution in [2.24, 2.45) is 0 Å². The zero-order chi connectivity index (χ0) is 19.4. The number of aliphatic hydroxyl groups excluding tert-OH is 1. The van der Waals surface area contributed by atoms with Gasteiger partial charge in [0.15, 0.2) is 5.60 Å². The summed E-state index contributed by atoms with van der Waals surface area (Å²) in [6, 6.07) is 14.5. The summed E-state index contributed by atoms with van der Waals surface area (Å²) in [7, 11) is 0. The van der Waals surface area contributed by atoms with Crippen molar-refractivity contribution in [1.82, 2.24) is 5.32 Å². The van der Waals surface area contributed by atoms with E-state index in [2.05, 4.69) is 5.32 Å². The Morgan fingerprint density at radius 2 is 1.93 bits per heavy atom. The lowest BCUT2D eigenvalue weighted by Gasteiger charge is -2.25. The number of thiophene rings is 2. The van der Waals surface area contributed by atoms with Crippen LogP contribution in [0.3, 0.4) is 0 Å². The Labute approximate surface area is 171 Å². The Hall–Kier alpha value is -1.86. The SMILES string of the molecule is CC(C)(Oc1ccc(Cl)cc1)C(=O)NCc1ccc(C(O)c2cccs2)s1. The van der Waals surface area contributed by atoms with Crippen molar-refractivity contribution < 1.29 is 14.6 Å². The van der Waals surface area contributed by atoms with Gasteiger partial charge in [-0.3, -0.25) is 4.79 Å². The van der Waals surface area contributed by atoms with Gasteiger partial charge in [-0.2, -0.15) is 0 Å². The quantitative estimate of drug-likeness (QED) is 0.563. The minimum Gasteiger partial charge on any atom is -0.478 e. The third-order valence-corrected chi connectivity index (χ3v) is 6.24. The van der Waals surface area contributed by atoms with Gasteiger partial charge < -0.3 is 15.2 Å². The molecule has 2 N–H and O–H groups in total. The van der Waals surface area contributed by atoms with Crippen LogP contribution in [0.1, 0.15) is 34.6 Å². The standard InChI is InChI=1S/C20H20ClNO3S2/c1-20(2,25-14-7-5-13(21)6-8-14)19(24)22-12-15-9-10-17(27-15)18(23)16-4-3-11-26-16/h3-11,18,23H,12H2,1-2H3,(H,22,24). The summed E-state index contributed by atoms with van der Waals surface area (Å²) in [5.41, 5.74) is -1.02. The molecule has 7 heteroatoms. The number of carbonyl (C=O) groups excluding carboxylic acids is 1. The molecule has 0 fully saturated rings. The smallest absolute Gasteiger partial charge is 0.263 e. The van der Waals surface area contributed by atoms with Crippen molar-refractivity contribution >= 4 is 40.2 Å². The molecule has 2 heterocycles. The first kappa shape index (κ1) is 19.9. The molecule has 1 atom stereocenters. The highest BCUT2D eigenvalue weighted by atomic mass is 35.5. The number of benzene rings is 1. The number of nitrogens with one attached hydrogen (secondary N) is 1. The van der Waals surface area contributed by atoms with Crippen molar-refractivity contribution in [2.75, 3.05) is 0 Å². The van der Waals surface area contributed by atoms with Crippen LogP contribution in [-0.2, 0) is 11.3 Å². The second-order valence-electron chi connectivity index (χ2n) is 6.47. The molecule has 1 unspecified atom stereocenters. The number of carbonyl (C=O) groups is 1. The Balaban J connectivity index is 1.57. The van der Waals surface area contributed by atoms with Crippen LogP contribution in [0.5, 0.6) is 5.75 Å². The average Bonchev–Trinajstić information content (AvgIpc) is 3.33. The lowest BCUT2D eigenvalue weighted by atomic mass is 10.1. The van der Waals surface area contributed by atoms with E-state index in [4.69, 9.17) is 16.3 Å². The minimum absolute atomic E-state index is 0.216. The molecule has 0 saturated heterocycles. The summed E-state index contributed by atoms with van der Waals surface area (Å²) in [4.78, 5) is 15.3. The Morgan fingerprint density at radius 1 is 1.19 bits per heavy atom. The maximum atomic E-state index is 12.5. The molecule has 0 saturated carbocycles. The molecule has 27 heavy (non-hydrogen) atoms. The van der Waals surface area contributed by atoms with E-state index in [1.54, 1.807) is 38.1 Å². The fraction of sp³-hybridized carbons (Fsp3) is 0.250. The summed E-state index contributed by atoms with van der Waals surface area (Å²) in [6.07, 6.45) is -0.621. The van der Waals surface area contributed by atoms with Gasteiger partial charge in [-0.1, -0.05) is 17.7 Å². The second-order valence-corrected chi connectivity index (χ2v) is 9.09. The lowest BCUT2D eigenvalue weighted by Crippen LogP contribution is -2.46. The number of hydrogen-bond acceptors (Lipinski definition) is 5. The van der Waals surface area contributed by atoms with E-state index in [9.17, 15) is 9.90 Å².